The van der Waals surface area contributed by atoms with E-state index in [-0.39, 0.29) is 6.61 Å². The highest BCUT2D eigenvalue weighted by Crippen LogP contribution is 2.17. The van der Waals surface area contributed by atoms with Crippen molar-refractivity contribution in [2.24, 2.45) is 5.92 Å². The lowest BCUT2D eigenvalue weighted by atomic mass is 10.1. The fourth-order valence-electron chi connectivity index (χ4n) is 2.46. The average molecular weight is 228 g/mol. The number of aliphatic hydroxyl groups is 1. The van der Waals surface area contributed by atoms with Crippen molar-refractivity contribution in [3.8, 4) is 0 Å². The summed E-state index contributed by atoms with van der Waals surface area (Å²) in [5, 5.41) is 9.52. The van der Waals surface area contributed by atoms with Gasteiger partial charge >= 0.3 is 0 Å². The summed E-state index contributed by atoms with van der Waals surface area (Å²) in [6.45, 7) is 10.4. The predicted molar refractivity (Wildman–Crippen MR) is 68.6 cm³/mol. The maximum atomic E-state index is 9.52. The first-order valence-corrected chi connectivity index (χ1v) is 6.59. The second-order valence-electron chi connectivity index (χ2n) is 5.66. The normalized spacial score (nSPS) is 29.6. The van der Waals surface area contributed by atoms with Crippen LogP contribution in [0.5, 0.6) is 0 Å². The number of rotatable bonds is 4. The maximum Gasteiger partial charge on any atom is 0.0599 e. The van der Waals surface area contributed by atoms with E-state index in [1.165, 1.54) is 12.8 Å². The van der Waals surface area contributed by atoms with Gasteiger partial charge < -0.3 is 10.0 Å². The van der Waals surface area contributed by atoms with Crippen molar-refractivity contribution in [2.45, 2.75) is 45.7 Å². The van der Waals surface area contributed by atoms with E-state index < -0.39 is 0 Å². The largest absolute Gasteiger partial charge is 0.395 e. The Morgan fingerprint density at radius 1 is 1.38 bits per heavy atom. The Bertz CT molecular complexity index is 196. The molecular formula is C13H28N2O. The van der Waals surface area contributed by atoms with Gasteiger partial charge in [-0.1, -0.05) is 13.8 Å². The zero-order valence-corrected chi connectivity index (χ0v) is 11.3. The van der Waals surface area contributed by atoms with E-state index in [1.807, 2.05) is 0 Å². The van der Waals surface area contributed by atoms with E-state index in [0.717, 1.165) is 25.6 Å². The SMILES string of the molecule is CC(C)CCN1C(C)CCN(C)CC1CO. The number of aliphatic hydroxyl groups excluding tert-OH is 1. The molecule has 0 aliphatic carbocycles. The van der Waals surface area contributed by atoms with Crippen LogP contribution >= 0.6 is 0 Å². The molecule has 1 rings (SSSR count). The summed E-state index contributed by atoms with van der Waals surface area (Å²) in [6, 6.07) is 0.919. The minimum atomic E-state index is 0.284. The molecule has 1 aliphatic rings. The van der Waals surface area contributed by atoms with Gasteiger partial charge in [-0.3, -0.25) is 4.90 Å². The van der Waals surface area contributed by atoms with Crippen molar-refractivity contribution in [3.63, 3.8) is 0 Å². The summed E-state index contributed by atoms with van der Waals surface area (Å²) in [5.74, 6) is 0.743. The van der Waals surface area contributed by atoms with Crippen molar-refractivity contribution in [3.05, 3.63) is 0 Å². The van der Waals surface area contributed by atoms with E-state index in [9.17, 15) is 5.11 Å². The molecule has 16 heavy (non-hydrogen) atoms. The van der Waals surface area contributed by atoms with Crippen LogP contribution in [0.1, 0.15) is 33.6 Å². The lowest BCUT2D eigenvalue weighted by Gasteiger charge is -2.34. The van der Waals surface area contributed by atoms with Crippen molar-refractivity contribution in [1.29, 1.82) is 0 Å². The van der Waals surface area contributed by atoms with Crippen LogP contribution in [0.25, 0.3) is 0 Å². The molecule has 0 saturated carbocycles. The Morgan fingerprint density at radius 2 is 2.06 bits per heavy atom. The fraction of sp³-hybridized carbons (Fsp3) is 1.00. The maximum absolute atomic E-state index is 9.52. The van der Waals surface area contributed by atoms with E-state index in [0.29, 0.717) is 12.1 Å². The zero-order valence-electron chi connectivity index (χ0n) is 11.3. The van der Waals surface area contributed by atoms with E-state index >= 15 is 0 Å². The van der Waals surface area contributed by atoms with Crippen LogP contribution in [0.15, 0.2) is 0 Å². The Morgan fingerprint density at radius 3 is 2.62 bits per heavy atom. The minimum Gasteiger partial charge on any atom is -0.395 e. The molecule has 1 aliphatic heterocycles. The van der Waals surface area contributed by atoms with Crippen LogP contribution in [0, 0.1) is 5.92 Å². The summed E-state index contributed by atoms with van der Waals surface area (Å²) in [5.41, 5.74) is 0. The van der Waals surface area contributed by atoms with Gasteiger partial charge in [0.25, 0.3) is 0 Å². The molecule has 3 nitrogen and oxygen atoms in total. The van der Waals surface area contributed by atoms with Gasteiger partial charge in [-0.25, -0.2) is 0 Å². The quantitative estimate of drug-likeness (QED) is 0.788. The molecule has 0 aromatic heterocycles. The Hall–Kier alpha value is -0.120. The molecule has 96 valence electrons. The highest BCUT2D eigenvalue weighted by molar-refractivity contribution is 4.83. The lowest BCUT2D eigenvalue weighted by Crippen LogP contribution is -2.46. The monoisotopic (exact) mass is 228 g/mol. The van der Waals surface area contributed by atoms with Gasteiger partial charge in [0.2, 0.25) is 0 Å². The molecule has 2 atom stereocenters. The molecule has 0 aromatic rings. The van der Waals surface area contributed by atoms with Gasteiger partial charge in [0.1, 0.15) is 0 Å². The Labute approximate surface area is 100 Å². The third kappa shape index (κ3) is 4.04. The molecule has 0 amide bonds. The third-order valence-corrected chi connectivity index (χ3v) is 3.66. The van der Waals surface area contributed by atoms with E-state index in [4.69, 9.17) is 0 Å². The molecule has 1 saturated heterocycles. The first-order chi connectivity index (χ1) is 7.54. The second-order valence-corrected chi connectivity index (χ2v) is 5.66. The molecule has 0 aromatic carbocycles. The van der Waals surface area contributed by atoms with Crippen LogP contribution in [-0.4, -0.2) is 60.3 Å². The average Bonchev–Trinajstić information content (AvgIpc) is 2.36. The van der Waals surface area contributed by atoms with E-state index in [1.54, 1.807) is 0 Å². The topological polar surface area (TPSA) is 26.7 Å². The second kappa shape index (κ2) is 6.58. The highest BCUT2D eigenvalue weighted by Gasteiger charge is 2.27. The molecule has 2 unspecified atom stereocenters. The smallest absolute Gasteiger partial charge is 0.0599 e. The van der Waals surface area contributed by atoms with Crippen molar-refractivity contribution < 1.29 is 5.11 Å². The summed E-state index contributed by atoms with van der Waals surface area (Å²) in [7, 11) is 2.15. The van der Waals surface area contributed by atoms with Gasteiger partial charge in [-0.15, -0.1) is 0 Å². The molecule has 0 radical (unpaired) electrons. The lowest BCUT2D eigenvalue weighted by molar-refractivity contribution is 0.0850. The molecule has 1 N–H and O–H groups in total. The standard InChI is InChI=1S/C13H28N2O/c1-11(2)5-8-15-12(3)6-7-14(4)9-13(15)10-16/h11-13,16H,5-10H2,1-4H3. The minimum absolute atomic E-state index is 0.284. The van der Waals surface area contributed by atoms with Crippen LogP contribution < -0.4 is 0 Å². The first kappa shape index (κ1) is 13.9. The molecule has 0 spiro atoms. The third-order valence-electron chi connectivity index (χ3n) is 3.66. The Kier molecular flexibility index (Phi) is 5.73. The summed E-state index contributed by atoms with van der Waals surface area (Å²) >= 11 is 0. The van der Waals surface area contributed by atoms with Crippen molar-refractivity contribution in [1.82, 2.24) is 9.80 Å². The summed E-state index contributed by atoms with van der Waals surface area (Å²) < 4.78 is 0. The number of nitrogens with zero attached hydrogens (tertiary/aromatic N) is 2. The zero-order chi connectivity index (χ0) is 12.1. The summed E-state index contributed by atoms with van der Waals surface area (Å²) in [4.78, 5) is 4.84. The van der Waals surface area contributed by atoms with Crippen molar-refractivity contribution >= 4 is 0 Å². The van der Waals surface area contributed by atoms with Gasteiger partial charge in [0, 0.05) is 18.6 Å². The molecular weight excluding hydrogens is 200 g/mol. The number of hydrogen-bond acceptors (Lipinski definition) is 3. The molecule has 3 heteroatoms. The van der Waals surface area contributed by atoms with E-state index in [2.05, 4.69) is 37.6 Å². The van der Waals surface area contributed by atoms with Crippen LogP contribution in [0.3, 0.4) is 0 Å². The number of hydrogen-bond donors (Lipinski definition) is 1. The summed E-state index contributed by atoms with van der Waals surface area (Å²) in [6.07, 6.45) is 2.44. The first-order valence-electron chi connectivity index (χ1n) is 6.59. The van der Waals surface area contributed by atoms with Gasteiger partial charge in [-0.2, -0.15) is 0 Å². The van der Waals surface area contributed by atoms with Crippen LogP contribution in [0.2, 0.25) is 0 Å². The molecule has 0 bridgehead atoms. The van der Waals surface area contributed by atoms with Crippen LogP contribution in [0.4, 0.5) is 0 Å². The van der Waals surface area contributed by atoms with Gasteiger partial charge in [0.05, 0.1) is 6.61 Å². The van der Waals surface area contributed by atoms with Gasteiger partial charge in [-0.05, 0) is 45.8 Å². The molecule has 1 heterocycles. The fourth-order valence-corrected chi connectivity index (χ4v) is 2.46. The number of likely N-dealkylation sites (N-methyl/N-ethyl adjacent to an activating group) is 1. The van der Waals surface area contributed by atoms with Crippen molar-refractivity contribution in [2.75, 3.05) is 33.3 Å². The van der Waals surface area contributed by atoms with Gasteiger partial charge in [0.15, 0.2) is 0 Å². The predicted octanol–water partition coefficient (Wildman–Crippen LogP) is 1.42. The highest BCUT2D eigenvalue weighted by atomic mass is 16.3. The Balaban J connectivity index is 2.59. The molecule has 1 fully saturated rings. The van der Waals surface area contributed by atoms with Crippen LogP contribution in [-0.2, 0) is 0 Å².